The lowest BCUT2D eigenvalue weighted by molar-refractivity contribution is 0.561. The maximum absolute atomic E-state index is 5.70. The molecule has 17 heavy (non-hydrogen) atoms. The quantitative estimate of drug-likeness (QED) is 0.779. The van der Waals surface area contributed by atoms with Crippen molar-refractivity contribution in [2.24, 2.45) is 5.73 Å². The molecule has 0 spiro atoms. The first-order valence-corrected chi connectivity index (χ1v) is 6.02. The van der Waals surface area contributed by atoms with Crippen molar-refractivity contribution in [3.05, 3.63) is 24.1 Å². The molecule has 0 radical (unpaired) electrons. The van der Waals surface area contributed by atoms with Crippen LogP contribution in [0.15, 0.2) is 22.6 Å². The van der Waals surface area contributed by atoms with Gasteiger partial charge in [0.15, 0.2) is 11.5 Å². The molecule has 0 saturated heterocycles. The number of oxazole rings is 1. The Morgan fingerprint density at radius 1 is 1.47 bits per heavy atom. The van der Waals surface area contributed by atoms with Crippen LogP contribution in [-0.2, 0) is 0 Å². The lowest BCUT2D eigenvalue weighted by Crippen LogP contribution is -2.16. The summed E-state index contributed by atoms with van der Waals surface area (Å²) in [6.07, 6.45) is 2.12. The second-order valence-electron chi connectivity index (χ2n) is 4.46. The van der Waals surface area contributed by atoms with E-state index in [1.807, 2.05) is 32.0 Å². The zero-order chi connectivity index (χ0) is 12.3. The van der Waals surface area contributed by atoms with E-state index >= 15 is 0 Å². The largest absolute Gasteiger partial charge is 0.441 e. The van der Waals surface area contributed by atoms with Gasteiger partial charge in [0.2, 0.25) is 0 Å². The third-order valence-corrected chi connectivity index (χ3v) is 2.66. The van der Waals surface area contributed by atoms with Crippen LogP contribution in [0.25, 0.3) is 11.1 Å². The van der Waals surface area contributed by atoms with Gasteiger partial charge in [-0.3, -0.25) is 0 Å². The Labute approximate surface area is 101 Å². The molecule has 4 nitrogen and oxygen atoms in total. The standard InChI is InChI=1S/C13H19N3O/c1-9(14)4-3-7-15-11-5-6-13-12(8-11)16-10(2)17-13/h5-6,8-9,15H,3-4,7,14H2,1-2H3. The topological polar surface area (TPSA) is 64.1 Å². The van der Waals surface area contributed by atoms with Gasteiger partial charge in [0.25, 0.3) is 0 Å². The Balaban J connectivity index is 1.94. The van der Waals surface area contributed by atoms with Crippen LogP contribution in [0.3, 0.4) is 0 Å². The number of benzene rings is 1. The second kappa shape index (κ2) is 5.19. The van der Waals surface area contributed by atoms with E-state index in [-0.39, 0.29) is 6.04 Å². The van der Waals surface area contributed by atoms with Crippen molar-refractivity contribution in [2.75, 3.05) is 11.9 Å². The number of nitrogens with two attached hydrogens (primary N) is 1. The predicted molar refractivity (Wildman–Crippen MR) is 70.1 cm³/mol. The van der Waals surface area contributed by atoms with E-state index in [0.29, 0.717) is 5.89 Å². The first kappa shape index (κ1) is 11.9. The number of aryl methyl sites for hydroxylation is 1. The van der Waals surface area contributed by atoms with Crippen LogP contribution < -0.4 is 11.1 Å². The third-order valence-electron chi connectivity index (χ3n) is 2.66. The molecule has 0 amide bonds. The lowest BCUT2D eigenvalue weighted by Gasteiger charge is -2.07. The molecule has 2 aromatic rings. The van der Waals surface area contributed by atoms with Crippen LogP contribution in [0, 0.1) is 6.92 Å². The Morgan fingerprint density at radius 3 is 3.06 bits per heavy atom. The molecule has 1 aromatic carbocycles. The summed E-state index contributed by atoms with van der Waals surface area (Å²) in [5.41, 5.74) is 8.52. The average molecular weight is 233 g/mol. The summed E-state index contributed by atoms with van der Waals surface area (Å²) in [6.45, 7) is 4.82. The zero-order valence-electron chi connectivity index (χ0n) is 10.4. The zero-order valence-corrected chi connectivity index (χ0v) is 10.4. The summed E-state index contributed by atoms with van der Waals surface area (Å²) in [4.78, 5) is 4.30. The summed E-state index contributed by atoms with van der Waals surface area (Å²) in [5.74, 6) is 0.703. The number of hydrogen-bond donors (Lipinski definition) is 2. The number of nitrogens with zero attached hydrogens (tertiary/aromatic N) is 1. The minimum atomic E-state index is 0.275. The molecule has 0 bridgehead atoms. The van der Waals surface area contributed by atoms with Gasteiger partial charge >= 0.3 is 0 Å². The molecule has 0 fully saturated rings. The summed E-state index contributed by atoms with van der Waals surface area (Å²) in [5, 5.41) is 3.36. The molecule has 3 N–H and O–H groups in total. The molecule has 92 valence electrons. The van der Waals surface area contributed by atoms with Gasteiger partial charge in [0.1, 0.15) is 5.52 Å². The molecule has 0 aliphatic carbocycles. The van der Waals surface area contributed by atoms with Crippen LogP contribution in [0.2, 0.25) is 0 Å². The summed E-state index contributed by atoms with van der Waals surface area (Å²) < 4.78 is 5.42. The molecule has 1 aromatic heterocycles. The predicted octanol–water partition coefficient (Wildman–Crippen LogP) is 2.68. The fourth-order valence-corrected chi connectivity index (χ4v) is 1.81. The van der Waals surface area contributed by atoms with Crippen LogP contribution in [0.1, 0.15) is 25.7 Å². The van der Waals surface area contributed by atoms with Crippen LogP contribution in [0.4, 0.5) is 5.69 Å². The van der Waals surface area contributed by atoms with Crippen molar-refractivity contribution >= 4 is 16.8 Å². The lowest BCUT2D eigenvalue weighted by atomic mass is 10.2. The highest BCUT2D eigenvalue weighted by atomic mass is 16.3. The smallest absolute Gasteiger partial charge is 0.192 e. The fraction of sp³-hybridized carbons (Fsp3) is 0.462. The second-order valence-corrected chi connectivity index (χ2v) is 4.46. The Morgan fingerprint density at radius 2 is 2.29 bits per heavy atom. The fourth-order valence-electron chi connectivity index (χ4n) is 1.81. The van der Waals surface area contributed by atoms with Gasteiger partial charge in [0.05, 0.1) is 0 Å². The monoisotopic (exact) mass is 233 g/mol. The van der Waals surface area contributed by atoms with Crippen molar-refractivity contribution in [3.63, 3.8) is 0 Å². The first-order chi connectivity index (χ1) is 8.15. The number of hydrogen-bond acceptors (Lipinski definition) is 4. The van der Waals surface area contributed by atoms with Gasteiger partial charge in [-0.15, -0.1) is 0 Å². The molecule has 0 aliphatic heterocycles. The first-order valence-electron chi connectivity index (χ1n) is 6.02. The van der Waals surface area contributed by atoms with Crippen LogP contribution in [0.5, 0.6) is 0 Å². The Hall–Kier alpha value is -1.55. The van der Waals surface area contributed by atoms with Crippen molar-refractivity contribution in [1.29, 1.82) is 0 Å². The van der Waals surface area contributed by atoms with Gasteiger partial charge in [-0.2, -0.15) is 0 Å². The van der Waals surface area contributed by atoms with Crippen LogP contribution >= 0.6 is 0 Å². The molecule has 1 atom stereocenters. The van der Waals surface area contributed by atoms with Gasteiger partial charge in [-0.1, -0.05) is 0 Å². The van der Waals surface area contributed by atoms with Gasteiger partial charge in [-0.05, 0) is 38.0 Å². The van der Waals surface area contributed by atoms with E-state index in [4.69, 9.17) is 10.2 Å². The normalized spacial score (nSPS) is 12.9. The molecule has 1 heterocycles. The van der Waals surface area contributed by atoms with E-state index < -0.39 is 0 Å². The molecule has 1 unspecified atom stereocenters. The highest BCUT2D eigenvalue weighted by molar-refractivity contribution is 5.77. The Kier molecular flexibility index (Phi) is 3.64. The van der Waals surface area contributed by atoms with E-state index in [1.54, 1.807) is 0 Å². The molecule has 0 saturated carbocycles. The van der Waals surface area contributed by atoms with E-state index in [1.165, 1.54) is 0 Å². The van der Waals surface area contributed by atoms with Crippen molar-refractivity contribution in [3.8, 4) is 0 Å². The number of fused-ring (bicyclic) bond motifs is 1. The Bertz CT molecular complexity index is 490. The van der Waals surface area contributed by atoms with E-state index in [9.17, 15) is 0 Å². The minimum absolute atomic E-state index is 0.275. The van der Waals surface area contributed by atoms with E-state index in [2.05, 4.69) is 10.3 Å². The van der Waals surface area contributed by atoms with Crippen molar-refractivity contribution in [2.45, 2.75) is 32.7 Å². The highest BCUT2D eigenvalue weighted by Crippen LogP contribution is 2.19. The molecule has 0 aliphatic rings. The summed E-state index contributed by atoms with van der Waals surface area (Å²) >= 11 is 0. The number of anilines is 1. The third kappa shape index (κ3) is 3.20. The minimum Gasteiger partial charge on any atom is -0.441 e. The molecule has 2 rings (SSSR count). The number of rotatable bonds is 5. The van der Waals surface area contributed by atoms with Gasteiger partial charge < -0.3 is 15.5 Å². The number of nitrogens with one attached hydrogen (secondary N) is 1. The maximum atomic E-state index is 5.70. The van der Waals surface area contributed by atoms with Gasteiger partial charge in [-0.25, -0.2) is 4.98 Å². The SMILES string of the molecule is Cc1nc2cc(NCCCC(C)N)ccc2o1. The molecular formula is C13H19N3O. The highest BCUT2D eigenvalue weighted by Gasteiger charge is 2.02. The van der Waals surface area contributed by atoms with Crippen LogP contribution in [-0.4, -0.2) is 17.6 Å². The molecule has 4 heteroatoms. The average Bonchev–Trinajstić information content (AvgIpc) is 2.63. The van der Waals surface area contributed by atoms with Gasteiger partial charge in [0, 0.05) is 25.2 Å². The van der Waals surface area contributed by atoms with Crippen molar-refractivity contribution < 1.29 is 4.42 Å². The number of aromatic nitrogens is 1. The van der Waals surface area contributed by atoms with E-state index in [0.717, 1.165) is 36.2 Å². The summed E-state index contributed by atoms with van der Waals surface area (Å²) in [6, 6.07) is 6.25. The summed E-state index contributed by atoms with van der Waals surface area (Å²) in [7, 11) is 0. The van der Waals surface area contributed by atoms with Crippen molar-refractivity contribution in [1.82, 2.24) is 4.98 Å². The maximum Gasteiger partial charge on any atom is 0.192 e. The molecular weight excluding hydrogens is 214 g/mol.